The van der Waals surface area contributed by atoms with E-state index < -0.39 is 0 Å². The molecule has 0 spiro atoms. The second kappa shape index (κ2) is 3.16. The van der Waals surface area contributed by atoms with Gasteiger partial charge in [0.05, 0.1) is 0 Å². The Labute approximate surface area is 65.2 Å². The number of aromatic nitrogens is 2. The molecule has 0 radical (unpaired) electrons. The van der Waals surface area contributed by atoms with Crippen LogP contribution in [0.3, 0.4) is 0 Å². The summed E-state index contributed by atoms with van der Waals surface area (Å²) in [6.07, 6.45) is 1.42. The molecule has 0 bridgehead atoms. The Morgan fingerprint density at radius 3 is 2.73 bits per heavy atom. The standard InChI is InChI=1S/C6H11N5/c1-11(2)10-6-3-5(7)8-4-9-6/h3-4H,1-2H3,(H3,7,8,9,10). The lowest BCUT2D eigenvalue weighted by atomic mass is 10.5. The summed E-state index contributed by atoms with van der Waals surface area (Å²) >= 11 is 0. The molecule has 0 aliphatic heterocycles. The van der Waals surface area contributed by atoms with Crippen molar-refractivity contribution in [1.82, 2.24) is 15.0 Å². The third kappa shape index (κ3) is 2.38. The lowest BCUT2D eigenvalue weighted by Gasteiger charge is -2.11. The lowest BCUT2D eigenvalue weighted by Crippen LogP contribution is -2.20. The topological polar surface area (TPSA) is 67.1 Å². The van der Waals surface area contributed by atoms with E-state index in [0.717, 1.165) is 0 Å². The van der Waals surface area contributed by atoms with Gasteiger partial charge in [0, 0.05) is 20.2 Å². The molecule has 0 saturated carbocycles. The van der Waals surface area contributed by atoms with E-state index in [2.05, 4.69) is 15.4 Å². The number of hydrogen-bond acceptors (Lipinski definition) is 5. The Hall–Kier alpha value is -1.36. The van der Waals surface area contributed by atoms with Crippen LogP contribution in [0.2, 0.25) is 0 Å². The van der Waals surface area contributed by atoms with Crippen LogP contribution in [0.25, 0.3) is 0 Å². The van der Waals surface area contributed by atoms with E-state index in [1.807, 2.05) is 14.1 Å². The van der Waals surface area contributed by atoms with Gasteiger partial charge in [0.2, 0.25) is 0 Å². The number of nitrogens with one attached hydrogen (secondary N) is 1. The number of anilines is 2. The Kier molecular flexibility index (Phi) is 2.22. The van der Waals surface area contributed by atoms with Crippen molar-refractivity contribution >= 4 is 11.6 Å². The van der Waals surface area contributed by atoms with Crippen molar-refractivity contribution in [2.24, 2.45) is 0 Å². The van der Waals surface area contributed by atoms with Crippen LogP contribution < -0.4 is 11.2 Å². The largest absolute Gasteiger partial charge is 0.384 e. The van der Waals surface area contributed by atoms with Gasteiger partial charge in [-0.15, -0.1) is 0 Å². The normalized spacial score (nSPS) is 10.1. The quantitative estimate of drug-likeness (QED) is 0.583. The van der Waals surface area contributed by atoms with Crippen molar-refractivity contribution in [3.8, 4) is 0 Å². The molecule has 1 aromatic heterocycles. The van der Waals surface area contributed by atoms with E-state index in [4.69, 9.17) is 5.73 Å². The van der Waals surface area contributed by atoms with Crippen molar-refractivity contribution in [3.05, 3.63) is 12.4 Å². The van der Waals surface area contributed by atoms with Crippen LogP contribution in [-0.4, -0.2) is 29.1 Å². The predicted octanol–water partition coefficient (Wildman–Crippen LogP) is -0.0527. The minimum atomic E-state index is 0.462. The van der Waals surface area contributed by atoms with E-state index in [1.165, 1.54) is 6.33 Å². The second-order valence-electron chi connectivity index (χ2n) is 2.33. The van der Waals surface area contributed by atoms with Gasteiger partial charge in [-0.2, -0.15) is 0 Å². The first kappa shape index (κ1) is 7.74. The second-order valence-corrected chi connectivity index (χ2v) is 2.33. The van der Waals surface area contributed by atoms with Gasteiger partial charge in [0.15, 0.2) is 0 Å². The molecule has 3 N–H and O–H groups in total. The summed E-state index contributed by atoms with van der Waals surface area (Å²) in [5.41, 5.74) is 8.37. The van der Waals surface area contributed by atoms with E-state index >= 15 is 0 Å². The molecule has 60 valence electrons. The van der Waals surface area contributed by atoms with E-state index in [0.29, 0.717) is 11.6 Å². The average Bonchev–Trinajstić information content (AvgIpc) is 1.85. The molecule has 5 nitrogen and oxygen atoms in total. The molecule has 0 amide bonds. The molecule has 11 heavy (non-hydrogen) atoms. The van der Waals surface area contributed by atoms with Gasteiger partial charge in [0.25, 0.3) is 0 Å². The van der Waals surface area contributed by atoms with Gasteiger partial charge >= 0.3 is 0 Å². The zero-order chi connectivity index (χ0) is 8.27. The first-order valence-electron chi connectivity index (χ1n) is 3.20. The first-order valence-corrected chi connectivity index (χ1v) is 3.20. The maximum Gasteiger partial charge on any atom is 0.145 e. The van der Waals surface area contributed by atoms with Gasteiger partial charge in [-0.25, -0.2) is 15.0 Å². The monoisotopic (exact) mass is 153 g/mol. The highest BCUT2D eigenvalue weighted by Crippen LogP contribution is 2.03. The molecule has 0 aliphatic rings. The molecular formula is C6H11N5. The summed E-state index contributed by atoms with van der Waals surface area (Å²) in [5, 5.41) is 1.78. The van der Waals surface area contributed by atoms with Crippen molar-refractivity contribution in [1.29, 1.82) is 0 Å². The van der Waals surface area contributed by atoms with Crippen LogP contribution in [0.15, 0.2) is 12.4 Å². The fourth-order valence-corrected chi connectivity index (χ4v) is 0.663. The zero-order valence-corrected chi connectivity index (χ0v) is 6.57. The predicted molar refractivity (Wildman–Crippen MR) is 43.8 cm³/mol. The zero-order valence-electron chi connectivity index (χ0n) is 6.57. The molecule has 1 aromatic rings. The van der Waals surface area contributed by atoms with Crippen molar-refractivity contribution in [2.75, 3.05) is 25.3 Å². The molecular weight excluding hydrogens is 142 g/mol. The van der Waals surface area contributed by atoms with E-state index in [9.17, 15) is 0 Å². The maximum absolute atomic E-state index is 5.42. The highest BCUT2D eigenvalue weighted by Gasteiger charge is 1.94. The van der Waals surface area contributed by atoms with Crippen LogP contribution >= 0.6 is 0 Å². The van der Waals surface area contributed by atoms with Crippen molar-refractivity contribution < 1.29 is 0 Å². The Morgan fingerprint density at radius 2 is 2.18 bits per heavy atom. The molecule has 0 unspecified atom stereocenters. The maximum atomic E-state index is 5.42. The lowest BCUT2D eigenvalue weighted by molar-refractivity contribution is 0.492. The first-order chi connectivity index (χ1) is 5.18. The summed E-state index contributed by atoms with van der Waals surface area (Å²) < 4.78 is 0. The average molecular weight is 153 g/mol. The van der Waals surface area contributed by atoms with Crippen molar-refractivity contribution in [2.45, 2.75) is 0 Å². The van der Waals surface area contributed by atoms with Crippen LogP contribution in [-0.2, 0) is 0 Å². The highest BCUT2D eigenvalue weighted by molar-refractivity contribution is 5.42. The molecule has 0 aliphatic carbocycles. The number of nitrogens with zero attached hydrogens (tertiary/aromatic N) is 3. The van der Waals surface area contributed by atoms with E-state index in [1.54, 1.807) is 11.1 Å². The van der Waals surface area contributed by atoms with Crippen LogP contribution in [0, 0.1) is 0 Å². The minimum Gasteiger partial charge on any atom is -0.384 e. The molecule has 5 heteroatoms. The number of nitrogens with two attached hydrogens (primary N) is 1. The van der Waals surface area contributed by atoms with Gasteiger partial charge in [-0.1, -0.05) is 0 Å². The molecule has 1 rings (SSSR count). The Bertz CT molecular complexity index is 234. The SMILES string of the molecule is CN(C)Nc1cc(N)ncn1. The third-order valence-corrected chi connectivity index (χ3v) is 1.03. The Balaban J connectivity index is 2.71. The van der Waals surface area contributed by atoms with Gasteiger partial charge in [0.1, 0.15) is 18.0 Å². The van der Waals surface area contributed by atoms with E-state index in [-0.39, 0.29) is 0 Å². The molecule has 0 fully saturated rings. The fraction of sp³-hybridized carbons (Fsp3) is 0.333. The van der Waals surface area contributed by atoms with Gasteiger partial charge < -0.3 is 11.2 Å². The minimum absolute atomic E-state index is 0.462. The van der Waals surface area contributed by atoms with Crippen LogP contribution in [0.1, 0.15) is 0 Å². The summed E-state index contributed by atoms with van der Waals surface area (Å²) in [7, 11) is 3.75. The number of rotatable bonds is 2. The van der Waals surface area contributed by atoms with Gasteiger partial charge in [-0.3, -0.25) is 0 Å². The molecule has 0 aromatic carbocycles. The molecule has 0 atom stereocenters. The van der Waals surface area contributed by atoms with Gasteiger partial charge in [-0.05, 0) is 0 Å². The summed E-state index contributed by atoms with van der Waals surface area (Å²) in [6, 6.07) is 1.67. The van der Waals surface area contributed by atoms with Crippen LogP contribution in [0.4, 0.5) is 11.6 Å². The number of hydrazine groups is 1. The van der Waals surface area contributed by atoms with Crippen LogP contribution in [0.5, 0.6) is 0 Å². The summed E-state index contributed by atoms with van der Waals surface area (Å²) in [4.78, 5) is 7.69. The van der Waals surface area contributed by atoms with Crippen molar-refractivity contribution in [3.63, 3.8) is 0 Å². The smallest absolute Gasteiger partial charge is 0.145 e. The fourth-order valence-electron chi connectivity index (χ4n) is 0.663. The molecule has 0 saturated heterocycles. The number of nitrogen functional groups attached to an aromatic ring is 1. The third-order valence-electron chi connectivity index (χ3n) is 1.03. The number of hydrogen-bond donors (Lipinski definition) is 2. The highest BCUT2D eigenvalue weighted by atomic mass is 15.5. The molecule has 1 heterocycles. The Morgan fingerprint density at radius 1 is 1.45 bits per heavy atom. The summed E-state index contributed by atoms with van der Waals surface area (Å²) in [5.74, 6) is 1.16. The summed E-state index contributed by atoms with van der Waals surface area (Å²) in [6.45, 7) is 0.